The number of nitrogens with zero attached hydrogens (tertiary/aromatic N) is 2. The molecule has 0 spiro atoms. The van der Waals surface area contributed by atoms with Crippen molar-refractivity contribution in [3.05, 3.63) is 59.8 Å². The largest absolute Gasteiger partial charge is 0.496 e. The number of ether oxygens (including phenoxy) is 1. The SMILES string of the molecule is COc1cccc2[nH]c(C(=O)CC(CC3CC3)C(=O)NC(C#N)CN3C(=O)CCc4ccccc43)cc12. The van der Waals surface area contributed by atoms with Gasteiger partial charge in [-0.1, -0.05) is 37.1 Å². The molecule has 190 valence electrons. The van der Waals surface area contributed by atoms with Crippen LogP contribution in [0, 0.1) is 23.2 Å². The Kier molecular flexibility index (Phi) is 6.95. The van der Waals surface area contributed by atoms with E-state index in [2.05, 4.69) is 16.4 Å². The molecule has 8 nitrogen and oxygen atoms in total. The summed E-state index contributed by atoms with van der Waals surface area (Å²) in [5, 5.41) is 13.5. The monoisotopic (exact) mass is 498 g/mol. The summed E-state index contributed by atoms with van der Waals surface area (Å²) in [6.07, 6.45) is 3.77. The van der Waals surface area contributed by atoms with Crippen molar-refractivity contribution < 1.29 is 19.1 Å². The van der Waals surface area contributed by atoms with Gasteiger partial charge in [0.25, 0.3) is 0 Å². The molecule has 1 aliphatic carbocycles. The second kappa shape index (κ2) is 10.5. The summed E-state index contributed by atoms with van der Waals surface area (Å²) < 4.78 is 5.39. The van der Waals surface area contributed by atoms with Gasteiger partial charge in [-0.3, -0.25) is 14.4 Å². The van der Waals surface area contributed by atoms with E-state index in [1.54, 1.807) is 18.1 Å². The highest BCUT2D eigenvalue weighted by atomic mass is 16.5. The molecule has 5 rings (SSSR count). The lowest BCUT2D eigenvalue weighted by Gasteiger charge is -2.31. The predicted molar refractivity (Wildman–Crippen MR) is 139 cm³/mol. The smallest absolute Gasteiger partial charge is 0.227 e. The first kappa shape index (κ1) is 24.6. The van der Waals surface area contributed by atoms with Crippen LogP contribution < -0.4 is 15.0 Å². The predicted octanol–water partition coefficient (Wildman–Crippen LogP) is 4.15. The number of ketones is 1. The molecule has 2 atom stereocenters. The number of methoxy groups -OCH3 is 1. The molecule has 1 saturated carbocycles. The first-order chi connectivity index (χ1) is 18.0. The summed E-state index contributed by atoms with van der Waals surface area (Å²) in [6, 6.07) is 16.2. The number of amides is 2. The van der Waals surface area contributed by atoms with Crippen LogP contribution >= 0.6 is 0 Å². The average molecular weight is 499 g/mol. The van der Waals surface area contributed by atoms with Gasteiger partial charge in [0, 0.05) is 35.3 Å². The zero-order valence-corrected chi connectivity index (χ0v) is 20.8. The van der Waals surface area contributed by atoms with Crippen molar-refractivity contribution in [2.24, 2.45) is 11.8 Å². The van der Waals surface area contributed by atoms with Gasteiger partial charge >= 0.3 is 0 Å². The maximum absolute atomic E-state index is 13.3. The minimum atomic E-state index is -0.878. The van der Waals surface area contributed by atoms with Gasteiger partial charge in [-0.2, -0.15) is 5.26 Å². The van der Waals surface area contributed by atoms with Crippen LogP contribution in [0.3, 0.4) is 0 Å². The Labute approximate surface area is 215 Å². The third-order valence-corrected chi connectivity index (χ3v) is 7.29. The topological polar surface area (TPSA) is 115 Å². The summed E-state index contributed by atoms with van der Waals surface area (Å²) in [5.41, 5.74) is 3.06. The number of H-pyrrole nitrogens is 1. The number of carbonyl (C=O) groups excluding carboxylic acids is 3. The number of fused-ring (bicyclic) bond motifs is 2. The number of aromatic amines is 1. The van der Waals surface area contributed by atoms with E-state index in [4.69, 9.17) is 4.74 Å². The molecule has 37 heavy (non-hydrogen) atoms. The first-order valence-electron chi connectivity index (χ1n) is 12.7. The van der Waals surface area contributed by atoms with Gasteiger partial charge in [0.15, 0.2) is 5.78 Å². The third-order valence-electron chi connectivity index (χ3n) is 7.29. The highest BCUT2D eigenvalue weighted by Gasteiger charge is 2.33. The van der Waals surface area contributed by atoms with E-state index in [1.165, 1.54) is 0 Å². The van der Waals surface area contributed by atoms with Crippen LogP contribution in [0.5, 0.6) is 5.75 Å². The highest BCUT2D eigenvalue weighted by molar-refractivity contribution is 6.02. The molecule has 2 aliphatic rings. The number of anilines is 1. The van der Waals surface area contributed by atoms with Crippen LogP contribution in [0.15, 0.2) is 48.5 Å². The minimum Gasteiger partial charge on any atom is -0.496 e. The summed E-state index contributed by atoms with van der Waals surface area (Å²) in [7, 11) is 1.58. The van der Waals surface area contributed by atoms with Crippen molar-refractivity contribution >= 4 is 34.2 Å². The van der Waals surface area contributed by atoms with Gasteiger partial charge < -0.3 is 19.9 Å². The molecule has 1 fully saturated rings. The Hall–Kier alpha value is -4.12. The van der Waals surface area contributed by atoms with Gasteiger partial charge in [-0.25, -0.2) is 0 Å². The Morgan fingerprint density at radius 3 is 2.76 bits per heavy atom. The van der Waals surface area contributed by atoms with Crippen LogP contribution in [0.4, 0.5) is 5.69 Å². The molecule has 2 amide bonds. The second-order valence-electron chi connectivity index (χ2n) is 9.93. The number of nitriles is 1. The fraction of sp³-hybridized carbons (Fsp3) is 0.379. The highest BCUT2D eigenvalue weighted by Crippen LogP contribution is 2.37. The van der Waals surface area contributed by atoms with Crippen LogP contribution in [-0.4, -0.2) is 42.3 Å². The number of Topliss-reactive ketones (excluding diaryl/α,β-unsaturated/α-hetero) is 1. The molecule has 1 aromatic heterocycles. The van der Waals surface area contributed by atoms with E-state index < -0.39 is 12.0 Å². The molecule has 8 heteroatoms. The van der Waals surface area contributed by atoms with Crippen molar-refractivity contribution in [3.8, 4) is 11.8 Å². The number of carbonyl (C=O) groups is 3. The molecule has 0 bridgehead atoms. The molecule has 2 aromatic carbocycles. The molecule has 2 N–H and O–H groups in total. The molecular weight excluding hydrogens is 468 g/mol. The maximum Gasteiger partial charge on any atom is 0.227 e. The molecule has 2 heterocycles. The van der Waals surface area contributed by atoms with Gasteiger partial charge in [0.1, 0.15) is 11.8 Å². The zero-order valence-electron chi connectivity index (χ0n) is 20.8. The lowest BCUT2D eigenvalue weighted by Crippen LogP contribution is -2.48. The molecule has 2 unspecified atom stereocenters. The van der Waals surface area contributed by atoms with E-state index in [0.29, 0.717) is 36.6 Å². The van der Waals surface area contributed by atoms with Gasteiger partial charge in [0.05, 0.1) is 25.4 Å². The lowest BCUT2D eigenvalue weighted by molar-refractivity contribution is -0.126. The van der Waals surface area contributed by atoms with E-state index in [0.717, 1.165) is 35.0 Å². The van der Waals surface area contributed by atoms with Crippen molar-refractivity contribution in [2.75, 3.05) is 18.6 Å². The number of benzene rings is 2. The fourth-order valence-electron chi connectivity index (χ4n) is 5.12. The van der Waals surface area contributed by atoms with E-state index in [1.807, 2.05) is 42.5 Å². The number of rotatable bonds is 10. The summed E-state index contributed by atoms with van der Waals surface area (Å²) in [5.74, 6) is -0.000193. The van der Waals surface area contributed by atoms with Crippen molar-refractivity contribution in [1.82, 2.24) is 10.3 Å². The van der Waals surface area contributed by atoms with Crippen LogP contribution in [0.1, 0.15) is 48.2 Å². The van der Waals surface area contributed by atoms with Gasteiger partial charge in [-0.15, -0.1) is 0 Å². The first-order valence-corrected chi connectivity index (χ1v) is 12.7. The standard InChI is InChI=1S/C29H30N4O4/c1-37-27-8-4-6-23-22(27)15-24(32-23)26(34)14-20(13-18-9-10-18)29(36)31-21(16-30)17-33-25-7-3-2-5-19(25)11-12-28(33)35/h2-8,15,18,20-21,32H,9-14,17H2,1H3,(H,31,36). The third kappa shape index (κ3) is 5.36. The van der Waals surface area contributed by atoms with Crippen molar-refractivity contribution in [1.29, 1.82) is 5.26 Å². The van der Waals surface area contributed by atoms with E-state index in [9.17, 15) is 19.6 Å². The van der Waals surface area contributed by atoms with Crippen LogP contribution in [0.2, 0.25) is 0 Å². The Balaban J connectivity index is 1.29. The fourth-order valence-corrected chi connectivity index (χ4v) is 5.12. The molecule has 3 aromatic rings. The normalized spacial score (nSPS) is 16.5. The number of nitrogens with one attached hydrogen (secondary N) is 2. The number of hydrogen-bond acceptors (Lipinski definition) is 5. The van der Waals surface area contributed by atoms with E-state index >= 15 is 0 Å². The van der Waals surface area contributed by atoms with E-state index in [-0.39, 0.29) is 30.6 Å². The van der Waals surface area contributed by atoms with Crippen molar-refractivity contribution in [3.63, 3.8) is 0 Å². The number of aryl methyl sites for hydroxylation is 1. The average Bonchev–Trinajstić information content (AvgIpc) is 3.62. The minimum absolute atomic E-state index is 0.0428. The maximum atomic E-state index is 13.3. The Morgan fingerprint density at radius 1 is 1.19 bits per heavy atom. The second-order valence-corrected chi connectivity index (χ2v) is 9.93. The lowest BCUT2D eigenvalue weighted by atomic mass is 9.93. The molecule has 0 radical (unpaired) electrons. The van der Waals surface area contributed by atoms with Gasteiger partial charge in [-0.05, 0) is 48.6 Å². The molecule has 1 aliphatic heterocycles. The molecule has 0 saturated heterocycles. The Morgan fingerprint density at radius 2 is 2.00 bits per heavy atom. The zero-order chi connectivity index (χ0) is 25.9. The Bertz CT molecular complexity index is 1380. The van der Waals surface area contributed by atoms with Crippen LogP contribution in [0.25, 0.3) is 10.9 Å². The van der Waals surface area contributed by atoms with Crippen molar-refractivity contribution in [2.45, 2.75) is 44.6 Å². The number of para-hydroxylation sites is 1. The van der Waals surface area contributed by atoms with Gasteiger partial charge in [0.2, 0.25) is 11.8 Å². The number of hydrogen-bond donors (Lipinski definition) is 2. The summed E-state index contributed by atoms with van der Waals surface area (Å²) in [6.45, 7) is 0.0734. The molecular formula is C29H30N4O4. The quantitative estimate of drug-likeness (QED) is 0.408. The summed E-state index contributed by atoms with van der Waals surface area (Å²) in [4.78, 5) is 43.9. The summed E-state index contributed by atoms with van der Waals surface area (Å²) >= 11 is 0. The number of aromatic nitrogens is 1. The van der Waals surface area contributed by atoms with Crippen LogP contribution in [-0.2, 0) is 16.0 Å².